The lowest BCUT2D eigenvalue weighted by molar-refractivity contribution is -0.130. The molecule has 1 aliphatic rings. The van der Waals surface area contributed by atoms with E-state index >= 15 is 0 Å². The van der Waals surface area contributed by atoms with Gasteiger partial charge in [0.25, 0.3) is 0 Å². The first-order chi connectivity index (χ1) is 11.5. The van der Waals surface area contributed by atoms with Crippen molar-refractivity contribution in [2.75, 3.05) is 37.2 Å². The van der Waals surface area contributed by atoms with Gasteiger partial charge in [-0.05, 0) is 24.6 Å². The maximum Gasteiger partial charge on any atom is 0.219 e. The van der Waals surface area contributed by atoms with Crippen molar-refractivity contribution in [3.05, 3.63) is 28.8 Å². The lowest BCUT2D eigenvalue weighted by Gasteiger charge is -2.34. The van der Waals surface area contributed by atoms with Crippen LogP contribution in [0.1, 0.15) is 17.4 Å². The first-order valence-electron chi connectivity index (χ1n) is 7.93. The molecule has 1 fully saturated rings. The fourth-order valence-electron chi connectivity index (χ4n) is 2.77. The zero-order valence-electron chi connectivity index (χ0n) is 14.0. The normalized spacial score (nSPS) is 15.5. The standard InChI is InChI=1S/C16H22N6OS/c1-11-9-18-16(24-11)20-15-8-13(7-14(17)19-15)10-21-3-5-22(6-4-21)12(2)23/h7-9H,3-6,10H2,1-2H3,(H3,17,18,19,20). The maximum atomic E-state index is 11.4. The first-order valence-corrected chi connectivity index (χ1v) is 8.75. The van der Waals surface area contributed by atoms with Crippen LogP contribution in [0.2, 0.25) is 0 Å². The molecule has 0 saturated carbocycles. The van der Waals surface area contributed by atoms with E-state index in [4.69, 9.17) is 5.73 Å². The van der Waals surface area contributed by atoms with E-state index in [-0.39, 0.29) is 5.91 Å². The molecule has 24 heavy (non-hydrogen) atoms. The molecule has 0 unspecified atom stereocenters. The van der Waals surface area contributed by atoms with E-state index < -0.39 is 0 Å². The van der Waals surface area contributed by atoms with Crippen LogP contribution < -0.4 is 11.1 Å². The van der Waals surface area contributed by atoms with Crippen LogP contribution in [0.15, 0.2) is 18.3 Å². The van der Waals surface area contributed by atoms with Crippen molar-refractivity contribution in [1.82, 2.24) is 19.8 Å². The van der Waals surface area contributed by atoms with E-state index in [9.17, 15) is 4.79 Å². The molecule has 0 radical (unpaired) electrons. The quantitative estimate of drug-likeness (QED) is 0.878. The Hall–Kier alpha value is -2.19. The number of pyridine rings is 1. The number of aryl methyl sites for hydroxylation is 1. The number of thiazole rings is 1. The highest BCUT2D eigenvalue weighted by Crippen LogP contribution is 2.23. The SMILES string of the molecule is CC(=O)N1CCN(Cc2cc(N)nc(Nc3ncc(C)s3)c2)CC1. The molecule has 0 spiro atoms. The van der Waals surface area contributed by atoms with Crippen molar-refractivity contribution < 1.29 is 4.79 Å². The van der Waals surface area contributed by atoms with Gasteiger partial charge in [0.05, 0.1) is 0 Å². The third kappa shape index (κ3) is 4.21. The summed E-state index contributed by atoms with van der Waals surface area (Å²) >= 11 is 1.58. The van der Waals surface area contributed by atoms with Gasteiger partial charge in [0.1, 0.15) is 11.6 Å². The second-order valence-corrected chi connectivity index (χ2v) is 7.20. The summed E-state index contributed by atoms with van der Waals surface area (Å²) in [5, 5.41) is 4.02. The molecule has 128 valence electrons. The van der Waals surface area contributed by atoms with Gasteiger partial charge in [-0.2, -0.15) is 0 Å². The number of nitrogens with zero attached hydrogens (tertiary/aromatic N) is 4. The summed E-state index contributed by atoms with van der Waals surface area (Å²) in [6.45, 7) is 7.73. The van der Waals surface area contributed by atoms with Crippen molar-refractivity contribution in [3.8, 4) is 0 Å². The molecular formula is C16H22N6OS. The van der Waals surface area contributed by atoms with Gasteiger partial charge in [0, 0.05) is 50.7 Å². The van der Waals surface area contributed by atoms with Crippen LogP contribution in [-0.2, 0) is 11.3 Å². The third-order valence-corrected chi connectivity index (χ3v) is 4.81. The van der Waals surface area contributed by atoms with Gasteiger partial charge in [-0.25, -0.2) is 9.97 Å². The van der Waals surface area contributed by atoms with E-state index in [1.54, 1.807) is 18.3 Å². The smallest absolute Gasteiger partial charge is 0.219 e. The average molecular weight is 346 g/mol. The van der Waals surface area contributed by atoms with E-state index in [2.05, 4.69) is 20.2 Å². The summed E-state index contributed by atoms with van der Waals surface area (Å²) in [7, 11) is 0. The van der Waals surface area contributed by atoms with E-state index in [0.29, 0.717) is 11.6 Å². The topological polar surface area (TPSA) is 87.4 Å². The summed E-state index contributed by atoms with van der Waals surface area (Å²) in [6, 6.07) is 3.90. The Kier molecular flexibility index (Phi) is 4.96. The van der Waals surface area contributed by atoms with Crippen LogP contribution in [-0.4, -0.2) is 51.9 Å². The van der Waals surface area contributed by atoms with Crippen LogP contribution in [0.5, 0.6) is 0 Å². The lowest BCUT2D eigenvalue weighted by atomic mass is 10.2. The summed E-state index contributed by atoms with van der Waals surface area (Å²) in [5.74, 6) is 1.35. The number of nitrogens with one attached hydrogen (secondary N) is 1. The zero-order valence-corrected chi connectivity index (χ0v) is 14.8. The largest absolute Gasteiger partial charge is 0.384 e. The minimum absolute atomic E-state index is 0.146. The van der Waals surface area contributed by atoms with Gasteiger partial charge in [-0.3, -0.25) is 9.69 Å². The number of hydrogen-bond acceptors (Lipinski definition) is 7. The molecule has 3 rings (SSSR count). The number of piperazine rings is 1. The van der Waals surface area contributed by atoms with Crippen LogP contribution in [0.4, 0.5) is 16.8 Å². The zero-order chi connectivity index (χ0) is 17.1. The second-order valence-electron chi connectivity index (χ2n) is 5.97. The maximum absolute atomic E-state index is 11.4. The van der Waals surface area contributed by atoms with Crippen LogP contribution in [0.3, 0.4) is 0 Å². The molecule has 3 heterocycles. The molecule has 0 bridgehead atoms. The Morgan fingerprint density at radius 2 is 2.08 bits per heavy atom. The molecule has 2 aromatic rings. The predicted molar refractivity (Wildman–Crippen MR) is 96.3 cm³/mol. The monoisotopic (exact) mass is 346 g/mol. The van der Waals surface area contributed by atoms with Gasteiger partial charge in [-0.15, -0.1) is 11.3 Å². The van der Waals surface area contributed by atoms with Crippen LogP contribution >= 0.6 is 11.3 Å². The number of carbonyl (C=O) groups excluding carboxylic acids is 1. The fraction of sp³-hybridized carbons (Fsp3) is 0.438. The summed E-state index contributed by atoms with van der Waals surface area (Å²) < 4.78 is 0. The van der Waals surface area contributed by atoms with Crippen molar-refractivity contribution in [2.24, 2.45) is 0 Å². The Morgan fingerprint density at radius 1 is 1.33 bits per heavy atom. The van der Waals surface area contributed by atoms with Crippen molar-refractivity contribution in [1.29, 1.82) is 0 Å². The first kappa shape index (κ1) is 16.7. The van der Waals surface area contributed by atoms with E-state index in [1.807, 2.05) is 30.2 Å². The highest BCUT2D eigenvalue weighted by molar-refractivity contribution is 7.15. The molecule has 3 N–H and O–H groups in total. The summed E-state index contributed by atoms with van der Waals surface area (Å²) in [6.07, 6.45) is 1.83. The molecule has 0 atom stereocenters. The highest BCUT2D eigenvalue weighted by atomic mass is 32.1. The molecule has 1 amide bonds. The number of aromatic nitrogens is 2. The van der Waals surface area contributed by atoms with E-state index in [0.717, 1.165) is 48.3 Å². The number of hydrogen-bond donors (Lipinski definition) is 2. The lowest BCUT2D eigenvalue weighted by Crippen LogP contribution is -2.47. The van der Waals surface area contributed by atoms with Crippen LogP contribution in [0, 0.1) is 6.92 Å². The van der Waals surface area contributed by atoms with Gasteiger partial charge in [0.15, 0.2) is 5.13 Å². The second kappa shape index (κ2) is 7.14. The molecule has 8 heteroatoms. The average Bonchev–Trinajstić information content (AvgIpc) is 2.92. The number of rotatable bonds is 4. The number of nitrogen functional groups attached to an aromatic ring is 1. The number of nitrogens with two attached hydrogens (primary N) is 1. The molecule has 1 aliphatic heterocycles. The van der Waals surface area contributed by atoms with Crippen molar-refractivity contribution in [3.63, 3.8) is 0 Å². The van der Waals surface area contributed by atoms with Gasteiger partial charge < -0.3 is 16.0 Å². The number of carbonyl (C=O) groups is 1. The Labute approximate surface area is 145 Å². The molecule has 0 aliphatic carbocycles. The predicted octanol–water partition coefficient (Wildman–Crippen LogP) is 1.84. The Bertz CT molecular complexity index is 723. The summed E-state index contributed by atoms with van der Waals surface area (Å²) in [5.41, 5.74) is 7.05. The summed E-state index contributed by atoms with van der Waals surface area (Å²) in [4.78, 5) is 25.4. The number of anilines is 3. The molecule has 7 nitrogen and oxygen atoms in total. The third-order valence-electron chi connectivity index (χ3n) is 3.99. The minimum Gasteiger partial charge on any atom is -0.384 e. The molecule has 1 saturated heterocycles. The van der Waals surface area contributed by atoms with Crippen LogP contribution in [0.25, 0.3) is 0 Å². The minimum atomic E-state index is 0.146. The molecule has 0 aromatic carbocycles. The highest BCUT2D eigenvalue weighted by Gasteiger charge is 2.18. The van der Waals surface area contributed by atoms with Gasteiger partial charge in [0.2, 0.25) is 5.91 Å². The fourth-order valence-corrected chi connectivity index (χ4v) is 3.44. The van der Waals surface area contributed by atoms with Gasteiger partial charge in [-0.1, -0.05) is 0 Å². The van der Waals surface area contributed by atoms with E-state index in [1.165, 1.54) is 0 Å². The van der Waals surface area contributed by atoms with Crippen molar-refractivity contribution in [2.45, 2.75) is 20.4 Å². The molecular weight excluding hydrogens is 324 g/mol. The van der Waals surface area contributed by atoms with Gasteiger partial charge >= 0.3 is 0 Å². The number of amides is 1. The Morgan fingerprint density at radius 3 is 2.71 bits per heavy atom. The molecule has 2 aromatic heterocycles. The Balaban J connectivity index is 1.65. The van der Waals surface area contributed by atoms with Crippen molar-refractivity contribution >= 4 is 34.0 Å².